The lowest BCUT2D eigenvalue weighted by atomic mass is 9.99. The molecule has 29 heavy (non-hydrogen) atoms. The van der Waals surface area contributed by atoms with E-state index in [0.29, 0.717) is 41.2 Å². The maximum absolute atomic E-state index is 12.3. The first-order valence-corrected chi connectivity index (χ1v) is 9.03. The minimum absolute atomic E-state index is 0.0363. The SMILES string of the molecule is COc1ccc(/C=C/C(=O)OCC(=O)c2ccc3c(c2)CCC(=O)N3)c(OC)c1. The molecule has 1 amide bonds. The van der Waals surface area contributed by atoms with Gasteiger partial charge in [-0.15, -0.1) is 0 Å². The molecule has 2 aromatic carbocycles. The summed E-state index contributed by atoms with van der Waals surface area (Å²) in [5, 5.41) is 2.76. The van der Waals surface area contributed by atoms with Gasteiger partial charge in [-0.05, 0) is 48.4 Å². The van der Waals surface area contributed by atoms with E-state index in [-0.39, 0.29) is 18.3 Å². The Morgan fingerprint density at radius 2 is 1.90 bits per heavy atom. The Morgan fingerprint density at radius 1 is 1.07 bits per heavy atom. The zero-order valence-electron chi connectivity index (χ0n) is 16.2. The van der Waals surface area contributed by atoms with Crippen LogP contribution in [0.2, 0.25) is 0 Å². The van der Waals surface area contributed by atoms with Gasteiger partial charge < -0.3 is 19.5 Å². The van der Waals surface area contributed by atoms with Gasteiger partial charge in [0.1, 0.15) is 11.5 Å². The number of aryl methyl sites for hydroxylation is 1. The molecule has 7 nitrogen and oxygen atoms in total. The Hall–Kier alpha value is -3.61. The summed E-state index contributed by atoms with van der Waals surface area (Å²) in [5.74, 6) is 0.197. The van der Waals surface area contributed by atoms with Crippen molar-refractivity contribution in [3.8, 4) is 11.5 Å². The number of Topliss-reactive ketones (excluding diaryl/α,β-unsaturated/α-hetero) is 1. The van der Waals surface area contributed by atoms with E-state index in [4.69, 9.17) is 14.2 Å². The van der Waals surface area contributed by atoms with Gasteiger partial charge in [0.25, 0.3) is 0 Å². The molecule has 1 aliphatic rings. The Bertz CT molecular complexity index is 979. The Balaban J connectivity index is 1.59. The van der Waals surface area contributed by atoms with E-state index in [0.717, 1.165) is 5.56 Å². The van der Waals surface area contributed by atoms with E-state index in [2.05, 4.69) is 5.32 Å². The first-order chi connectivity index (χ1) is 14.0. The van der Waals surface area contributed by atoms with Crippen LogP contribution in [-0.4, -0.2) is 38.5 Å². The highest BCUT2D eigenvalue weighted by Gasteiger charge is 2.17. The van der Waals surface area contributed by atoms with Gasteiger partial charge in [-0.2, -0.15) is 0 Å². The van der Waals surface area contributed by atoms with E-state index in [9.17, 15) is 14.4 Å². The Kier molecular flexibility index (Phi) is 6.29. The van der Waals surface area contributed by atoms with Crippen molar-refractivity contribution >= 4 is 29.4 Å². The highest BCUT2D eigenvalue weighted by atomic mass is 16.5. The number of nitrogens with one attached hydrogen (secondary N) is 1. The van der Waals surface area contributed by atoms with E-state index in [1.165, 1.54) is 13.2 Å². The van der Waals surface area contributed by atoms with Gasteiger partial charge in [-0.1, -0.05) is 0 Å². The number of esters is 1. The second-order valence-corrected chi connectivity index (χ2v) is 6.39. The van der Waals surface area contributed by atoms with Crippen LogP contribution in [0.3, 0.4) is 0 Å². The average Bonchev–Trinajstić information content (AvgIpc) is 2.75. The number of hydrogen-bond acceptors (Lipinski definition) is 6. The topological polar surface area (TPSA) is 90.9 Å². The molecule has 7 heteroatoms. The van der Waals surface area contributed by atoms with Crippen LogP contribution in [0, 0.1) is 0 Å². The number of hydrogen-bond donors (Lipinski definition) is 1. The van der Waals surface area contributed by atoms with Crippen LogP contribution >= 0.6 is 0 Å². The Labute approximate surface area is 168 Å². The van der Waals surface area contributed by atoms with Crippen LogP contribution in [0.1, 0.15) is 27.9 Å². The van der Waals surface area contributed by atoms with Crippen molar-refractivity contribution in [2.75, 3.05) is 26.1 Å². The molecule has 1 aliphatic heterocycles. The highest BCUT2D eigenvalue weighted by molar-refractivity contribution is 6.00. The number of methoxy groups -OCH3 is 2. The molecular formula is C22H21NO6. The third-order valence-electron chi connectivity index (χ3n) is 4.51. The normalized spacial score (nSPS) is 12.8. The minimum Gasteiger partial charge on any atom is -0.497 e. The summed E-state index contributed by atoms with van der Waals surface area (Å²) in [6.45, 7) is -0.367. The second kappa shape index (κ2) is 9.05. The number of carbonyl (C=O) groups excluding carboxylic acids is 3. The molecule has 0 bridgehead atoms. The molecule has 2 aromatic rings. The molecule has 1 heterocycles. The summed E-state index contributed by atoms with van der Waals surface area (Å²) in [7, 11) is 3.07. The summed E-state index contributed by atoms with van der Waals surface area (Å²) in [6.07, 6.45) is 3.75. The van der Waals surface area contributed by atoms with E-state index in [1.54, 1.807) is 49.6 Å². The number of fused-ring (bicyclic) bond motifs is 1. The number of ketones is 1. The molecule has 0 saturated carbocycles. The predicted molar refractivity (Wildman–Crippen MR) is 107 cm³/mol. The number of benzene rings is 2. The molecule has 0 atom stereocenters. The zero-order valence-corrected chi connectivity index (χ0v) is 16.2. The van der Waals surface area contributed by atoms with E-state index < -0.39 is 5.97 Å². The first-order valence-electron chi connectivity index (χ1n) is 9.03. The van der Waals surface area contributed by atoms with Gasteiger partial charge in [0.05, 0.1) is 14.2 Å². The van der Waals surface area contributed by atoms with Gasteiger partial charge >= 0.3 is 5.97 Å². The standard InChI is InChI=1S/C22H21NO6/c1-27-17-7-3-14(20(12-17)28-2)6-10-22(26)29-13-19(24)16-4-8-18-15(11-16)5-9-21(25)23-18/h3-4,6-8,10-12H,5,9,13H2,1-2H3,(H,23,25)/b10-6+. The average molecular weight is 395 g/mol. The fourth-order valence-corrected chi connectivity index (χ4v) is 2.94. The second-order valence-electron chi connectivity index (χ2n) is 6.39. The fourth-order valence-electron chi connectivity index (χ4n) is 2.94. The van der Waals surface area contributed by atoms with Crippen molar-refractivity contribution in [1.29, 1.82) is 0 Å². The van der Waals surface area contributed by atoms with Gasteiger partial charge in [0.15, 0.2) is 12.4 Å². The molecule has 0 unspecified atom stereocenters. The lowest BCUT2D eigenvalue weighted by molar-refractivity contribution is -0.136. The number of carbonyl (C=O) groups is 3. The third-order valence-corrected chi connectivity index (χ3v) is 4.51. The molecule has 0 saturated heterocycles. The van der Waals surface area contributed by atoms with Crippen molar-refractivity contribution in [3.05, 3.63) is 59.2 Å². The van der Waals surface area contributed by atoms with Gasteiger partial charge in [-0.25, -0.2) is 4.79 Å². The predicted octanol–water partition coefficient (Wildman–Crippen LogP) is 3.03. The maximum atomic E-state index is 12.3. The molecule has 0 fully saturated rings. The molecular weight excluding hydrogens is 374 g/mol. The van der Waals surface area contributed by atoms with Crippen LogP contribution in [-0.2, 0) is 20.7 Å². The van der Waals surface area contributed by atoms with Crippen LogP contribution in [0.4, 0.5) is 5.69 Å². The quantitative estimate of drug-likeness (QED) is 0.440. The van der Waals surface area contributed by atoms with Crippen LogP contribution in [0.25, 0.3) is 6.08 Å². The molecule has 0 spiro atoms. The highest BCUT2D eigenvalue weighted by Crippen LogP contribution is 2.26. The first kappa shape index (κ1) is 20.1. The summed E-state index contributed by atoms with van der Waals surface area (Å²) < 4.78 is 15.4. The van der Waals surface area contributed by atoms with Crippen LogP contribution < -0.4 is 14.8 Å². The summed E-state index contributed by atoms with van der Waals surface area (Å²) in [4.78, 5) is 35.7. The lowest BCUT2D eigenvalue weighted by Gasteiger charge is -2.17. The monoisotopic (exact) mass is 395 g/mol. The zero-order chi connectivity index (χ0) is 20.8. The van der Waals surface area contributed by atoms with Crippen LogP contribution in [0.15, 0.2) is 42.5 Å². The van der Waals surface area contributed by atoms with E-state index >= 15 is 0 Å². The van der Waals surface area contributed by atoms with Crippen LogP contribution in [0.5, 0.6) is 11.5 Å². The van der Waals surface area contributed by atoms with Crippen molar-refractivity contribution in [3.63, 3.8) is 0 Å². The smallest absolute Gasteiger partial charge is 0.331 e. The van der Waals surface area contributed by atoms with E-state index in [1.807, 2.05) is 0 Å². The number of rotatable bonds is 7. The van der Waals surface area contributed by atoms with Gasteiger partial charge in [-0.3, -0.25) is 9.59 Å². The van der Waals surface area contributed by atoms with Crippen molar-refractivity contribution < 1.29 is 28.6 Å². The summed E-state index contributed by atoms with van der Waals surface area (Å²) >= 11 is 0. The Morgan fingerprint density at radius 3 is 2.66 bits per heavy atom. The molecule has 150 valence electrons. The molecule has 1 N–H and O–H groups in total. The van der Waals surface area contributed by atoms with Crippen molar-refractivity contribution in [2.24, 2.45) is 0 Å². The lowest BCUT2D eigenvalue weighted by Crippen LogP contribution is -2.20. The van der Waals surface area contributed by atoms with Gasteiger partial charge in [0.2, 0.25) is 5.91 Å². The molecule has 0 radical (unpaired) electrons. The molecule has 0 aromatic heterocycles. The molecule has 3 rings (SSSR count). The number of anilines is 1. The number of ether oxygens (including phenoxy) is 3. The van der Waals surface area contributed by atoms with Crippen molar-refractivity contribution in [2.45, 2.75) is 12.8 Å². The number of amides is 1. The summed E-state index contributed by atoms with van der Waals surface area (Å²) in [6, 6.07) is 10.2. The fraction of sp³-hybridized carbons (Fsp3) is 0.227. The largest absolute Gasteiger partial charge is 0.497 e. The van der Waals surface area contributed by atoms with Gasteiger partial charge in [0, 0.05) is 35.4 Å². The molecule has 0 aliphatic carbocycles. The van der Waals surface area contributed by atoms with Crippen molar-refractivity contribution in [1.82, 2.24) is 0 Å². The third kappa shape index (κ3) is 5.01. The summed E-state index contributed by atoms with van der Waals surface area (Å²) in [5.41, 5.74) is 2.72. The maximum Gasteiger partial charge on any atom is 0.331 e. The minimum atomic E-state index is -0.638.